The first kappa shape index (κ1) is 20.8. The van der Waals surface area contributed by atoms with Crippen molar-refractivity contribution in [2.45, 2.75) is 57.8 Å². The molecule has 0 saturated carbocycles. The summed E-state index contributed by atoms with van der Waals surface area (Å²) in [5.41, 5.74) is 6.50. The molecule has 0 radical (unpaired) electrons. The van der Waals surface area contributed by atoms with Gasteiger partial charge in [0.05, 0.1) is 23.7 Å². The Morgan fingerprint density at radius 3 is 2.29 bits per heavy atom. The van der Waals surface area contributed by atoms with Crippen LogP contribution in [0.1, 0.15) is 39.7 Å². The number of carbonyl (C=O) groups excluding carboxylic acids is 2. The second kappa shape index (κ2) is 7.85. The zero-order chi connectivity index (χ0) is 20.5. The van der Waals surface area contributed by atoms with E-state index in [0.29, 0.717) is 26.1 Å². The van der Waals surface area contributed by atoms with Crippen molar-refractivity contribution in [1.29, 1.82) is 0 Å². The van der Waals surface area contributed by atoms with E-state index in [1.165, 1.54) is 0 Å². The van der Waals surface area contributed by atoms with Crippen LogP contribution in [0.15, 0.2) is 24.3 Å². The molecule has 28 heavy (non-hydrogen) atoms. The lowest BCUT2D eigenvalue weighted by Gasteiger charge is -2.32. The highest BCUT2D eigenvalue weighted by Gasteiger charge is 2.51. The van der Waals surface area contributed by atoms with Crippen molar-refractivity contribution in [1.82, 2.24) is 5.32 Å². The third kappa shape index (κ3) is 4.40. The Balaban J connectivity index is 1.63. The third-order valence-electron chi connectivity index (χ3n) is 5.91. The van der Waals surface area contributed by atoms with Gasteiger partial charge in [0.2, 0.25) is 11.8 Å². The lowest BCUT2D eigenvalue weighted by Crippen LogP contribution is -2.48. The van der Waals surface area contributed by atoms with Crippen LogP contribution in [0.25, 0.3) is 0 Å². The van der Waals surface area contributed by atoms with E-state index in [9.17, 15) is 9.59 Å². The minimum absolute atomic E-state index is 0.185. The number of carbonyl (C=O) groups is 2. The molecule has 2 aliphatic rings. The number of ether oxygens (including phenoxy) is 1. The average molecular weight is 388 g/mol. The topological polar surface area (TPSA) is 99.9 Å². The lowest BCUT2D eigenvalue weighted by atomic mass is 9.78. The van der Waals surface area contributed by atoms with Crippen LogP contribution in [-0.4, -0.2) is 49.4 Å². The minimum Gasteiger partial charge on any atom is -0.399 e. The standard InChI is InChI=1S/C20H29BN2O5/c1-19(2)20(3,4)28-21(27-19)15-7-5-13(6-8-15)11-16(17(22)24)23-18(25)14-9-10-26-12-14/h5-8,14,16H,9-12H2,1-4H3,(H2,22,24)(H,23,25)/t14-,16+/m0/s1. The van der Waals surface area contributed by atoms with Crippen molar-refractivity contribution in [3.63, 3.8) is 0 Å². The molecule has 0 spiro atoms. The highest BCUT2D eigenvalue weighted by molar-refractivity contribution is 6.62. The maximum absolute atomic E-state index is 12.3. The Morgan fingerprint density at radius 1 is 1.18 bits per heavy atom. The number of nitrogens with two attached hydrogens (primary N) is 1. The molecule has 2 aliphatic heterocycles. The van der Waals surface area contributed by atoms with Crippen LogP contribution in [0.4, 0.5) is 0 Å². The Hall–Kier alpha value is -1.90. The van der Waals surface area contributed by atoms with Gasteiger partial charge in [-0.25, -0.2) is 0 Å². The molecule has 7 nitrogen and oxygen atoms in total. The van der Waals surface area contributed by atoms with E-state index in [-0.39, 0.29) is 11.8 Å². The molecule has 2 atom stereocenters. The summed E-state index contributed by atoms with van der Waals surface area (Å²) in [6.07, 6.45) is 0.998. The lowest BCUT2D eigenvalue weighted by molar-refractivity contribution is -0.129. The summed E-state index contributed by atoms with van der Waals surface area (Å²) in [4.78, 5) is 24.1. The maximum atomic E-state index is 12.3. The van der Waals surface area contributed by atoms with E-state index in [2.05, 4.69) is 5.32 Å². The molecule has 1 aromatic carbocycles. The fraction of sp³-hybridized carbons (Fsp3) is 0.600. The van der Waals surface area contributed by atoms with E-state index in [4.69, 9.17) is 19.8 Å². The number of rotatable bonds is 6. The normalized spacial score (nSPS) is 24.1. The number of primary amides is 1. The molecule has 2 heterocycles. The van der Waals surface area contributed by atoms with E-state index in [1.807, 2.05) is 52.0 Å². The first-order chi connectivity index (χ1) is 13.1. The average Bonchev–Trinajstić information content (AvgIpc) is 3.21. The molecule has 2 amide bonds. The highest BCUT2D eigenvalue weighted by Crippen LogP contribution is 2.36. The molecule has 0 aliphatic carbocycles. The first-order valence-electron chi connectivity index (χ1n) is 9.71. The predicted molar refractivity (Wildman–Crippen MR) is 106 cm³/mol. The van der Waals surface area contributed by atoms with Gasteiger partial charge in [-0.3, -0.25) is 9.59 Å². The largest absolute Gasteiger partial charge is 0.494 e. The number of nitrogens with one attached hydrogen (secondary N) is 1. The van der Waals surface area contributed by atoms with Crippen molar-refractivity contribution in [3.8, 4) is 0 Å². The van der Waals surface area contributed by atoms with Gasteiger partial charge < -0.3 is 25.1 Å². The van der Waals surface area contributed by atoms with Crippen molar-refractivity contribution < 1.29 is 23.6 Å². The van der Waals surface area contributed by atoms with Crippen molar-refractivity contribution in [3.05, 3.63) is 29.8 Å². The summed E-state index contributed by atoms with van der Waals surface area (Å²) in [6.45, 7) is 9.00. The molecule has 2 fully saturated rings. The number of hydrogen-bond donors (Lipinski definition) is 2. The summed E-state index contributed by atoms with van der Waals surface area (Å²) >= 11 is 0. The van der Waals surface area contributed by atoms with Gasteiger partial charge in [-0.1, -0.05) is 24.3 Å². The molecule has 0 aromatic heterocycles. The smallest absolute Gasteiger partial charge is 0.399 e. The van der Waals surface area contributed by atoms with E-state index < -0.39 is 30.3 Å². The quantitative estimate of drug-likeness (QED) is 0.693. The Labute approximate surface area is 166 Å². The van der Waals surface area contributed by atoms with Crippen molar-refractivity contribution in [2.75, 3.05) is 13.2 Å². The SMILES string of the molecule is CC1(C)OB(c2ccc(C[C@@H](NC(=O)[C@H]3CCOC3)C(N)=O)cc2)OC1(C)C. The molecule has 152 valence electrons. The molecule has 8 heteroatoms. The third-order valence-corrected chi connectivity index (χ3v) is 5.91. The van der Waals surface area contributed by atoms with Gasteiger partial charge in [0.1, 0.15) is 6.04 Å². The molecule has 1 aromatic rings. The highest BCUT2D eigenvalue weighted by atomic mass is 16.7. The van der Waals surface area contributed by atoms with Crippen molar-refractivity contribution >= 4 is 24.4 Å². The Morgan fingerprint density at radius 2 is 1.79 bits per heavy atom. The van der Waals surface area contributed by atoms with Gasteiger partial charge in [0.15, 0.2) is 0 Å². The maximum Gasteiger partial charge on any atom is 0.494 e. The number of amides is 2. The summed E-state index contributed by atoms with van der Waals surface area (Å²) in [5, 5.41) is 2.76. The molecule has 0 bridgehead atoms. The van der Waals surface area contributed by atoms with Gasteiger partial charge in [0, 0.05) is 13.0 Å². The van der Waals surface area contributed by atoms with Crippen LogP contribution in [0.2, 0.25) is 0 Å². The zero-order valence-corrected chi connectivity index (χ0v) is 17.0. The fourth-order valence-electron chi connectivity index (χ4n) is 3.28. The second-order valence-corrected chi connectivity index (χ2v) is 8.56. The predicted octanol–water partition coefficient (Wildman–Crippen LogP) is 0.535. The molecular formula is C20H29BN2O5. The van der Waals surface area contributed by atoms with E-state index >= 15 is 0 Å². The van der Waals surface area contributed by atoms with Gasteiger partial charge in [-0.15, -0.1) is 0 Å². The van der Waals surface area contributed by atoms with Crippen LogP contribution >= 0.6 is 0 Å². The number of hydrogen-bond acceptors (Lipinski definition) is 5. The summed E-state index contributed by atoms with van der Waals surface area (Å²) < 4.78 is 17.3. The van der Waals surface area contributed by atoms with Crippen LogP contribution in [0.5, 0.6) is 0 Å². The fourth-order valence-corrected chi connectivity index (χ4v) is 3.28. The van der Waals surface area contributed by atoms with Crippen molar-refractivity contribution in [2.24, 2.45) is 11.7 Å². The number of benzene rings is 1. The molecule has 0 unspecified atom stereocenters. The van der Waals surface area contributed by atoms with Gasteiger partial charge in [0.25, 0.3) is 0 Å². The van der Waals surface area contributed by atoms with Crippen LogP contribution in [0.3, 0.4) is 0 Å². The van der Waals surface area contributed by atoms with Gasteiger partial charge in [-0.2, -0.15) is 0 Å². The molecule has 3 rings (SSSR count). The summed E-state index contributed by atoms with van der Waals surface area (Å²) in [6, 6.07) is 6.89. The monoisotopic (exact) mass is 388 g/mol. The van der Waals surface area contributed by atoms with Gasteiger partial charge >= 0.3 is 7.12 Å². The first-order valence-corrected chi connectivity index (χ1v) is 9.71. The Kier molecular flexibility index (Phi) is 5.84. The summed E-state index contributed by atoms with van der Waals surface area (Å²) in [7, 11) is -0.437. The minimum atomic E-state index is -0.754. The van der Waals surface area contributed by atoms with Crippen LogP contribution in [-0.2, 0) is 30.1 Å². The second-order valence-electron chi connectivity index (χ2n) is 8.56. The van der Waals surface area contributed by atoms with E-state index in [1.54, 1.807) is 0 Å². The molecular weight excluding hydrogens is 359 g/mol. The molecule has 2 saturated heterocycles. The van der Waals surface area contributed by atoms with Gasteiger partial charge in [-0.05, 0) is 45.1 Å². The summed E-state index contributed by atoms with van der Waals surface area (Å²) in [5.74, 6) is -0.954. The molecule has 3 N–H and O–H groups in total. The van der Waals surface area contributed by atoms with Crippen LogP contribution in [0, 0.1) is 5.92 Å². The van der Waals surface area contributed by atoms with Crippen LogP contribution < -0.4 is 16.5 Å². The van der Waals surface area contributed by atoms with E-state index in [0.717, 1.165) is 11.0 Å². The Bertz CT molecular complexity index is 713. The zero-order valence-electron chi connectivity index (χ0n) is 17.0.